The Morgan fingerprint density at radius 2 is 1.85 bits per heavy atom. The SMILES string of the molecule is C=Cc1ccccc1S(=O)(=O)O.[Ag]. The van der Waals surface area contributed by atoms with Crippen molar-refractivity contribution in [2.24, 2.45) is 0 Å². The summed E-state index contributed by atoms with van der Waals surface area (Å²) in [5, 5.41) is 0. The van der Waals surface area contributed by atoms with E-state index in [-0.39, 0.29) is 27.3 Å². The molecule has 1 rings (SSSR count). The summed E-state index contributed by atoms with van der Waals surface area (Å²) >= 11 is 0. The van der Waals surface area contributed by atoms with Crippen LogP contribution in [0.5, 0.6) is 0 Å². The zero-order chi connectivity index (χ0) is 9.19. The molecule has 0 spiro atoms. The van der Waals surface area contributed by atoms with Crippen molar-refractivity contribution < 1.29 is 35.4 Å². The van der Waals surface area contributed by atoms with Crippen LogP contribution in [0, 0.1) is 0 Å². The average molecular weight is 292 g/mol. The normalized spacial score (nSPS) is 10.2. The Hall–Kier alpha value is -0.390. The Kier molecular flexibility index (Phi) is 4.60. The van der Waals surface area contributed by atoms with Crippen molar-refractivity contribution in [2.45, 2.75) is 4.90 Å². The number of rotatable bonds is 2. The maximum Gasteiger partial charge on any atom is 0.295 e. The summed E-state index contributed by atoms with van der Waals surface area (Å²) in [6, 6.07) is 6.10. The van der Waals surface area contributed by atoms with Gasteiger partial charge in [0.25, 0.3) is 10.1 Å². The second kappa shape index (κ2) is 4.74. The minimum atomic E-state index is -4.12. The van der Waals surface area contributed by atoms with E-state index in [0.717, 1.165) is 0 Å². The third kappa shape index (κ3) is 3.10. The van der Waals surface area contributed by atoms with Crippen LogP contribution >= 0.6 is 0 Å². The number of benzene rings is 1. The quantitative estimate of drug-likeness (QED) is 0.665. The van der Waals surface area contributed by atoms with Crippen LogP contribution in [-0.4, -0.2) is 13.0 Å². The van der Waals surface area contributed by atoms with E-state index in [4.69, 9.17) is 4.55 Å². The van der Waals surface area contributed by atoms with Crippen molar-refractivity contribution in [3.05, 3.63) is 36.4 Å². The monoisotopic (exact) mass is 291 g/mol. The molecule has 0 amide bonds. The third-order valence-corrected chi connectivity index (χ3v) is 2.34. The summed E-state index contributed by atoms with van der Waals surface area (Å²) in [5.41, 5.74) is 0.403. The van der Waals surface area contributed by atoms with E-state index in [1.54, 1.807) is 12.1 Å². The van der Waals surface area contributed by atoms with Crippen LogP contribution in [0.3, 0.4) is 0 Å². The van der Waals surface area contributed by atoms with Crippen molar-refractivity contribution in [1.82, 2.24) is 0 Å². The van der Waals surface area contributed by atoms with Gasteiger partial charge in [-0.05, 0) is 11.6 Å². The first kappa shape index (κ1) is 12.6. The fourth-order valence-corrected chi connectivity index (χ4v) is 1.58. The Balaban J connectivity index is 0.00000144. The molecule has 3 nitrogen and oxygen atoms in total. The van der Waals surface area contributed by atoms with Crippen molar-refractivity contribution in [1.29, 1.82) is 0 Å². The first-order valence-electron chi connectivity index (χ1n) is 3.24. The van der Waals surface area contributed by atoms with Gasteiger partial charge in [-0.3, -0.25) is 4.55 Å². The molecule has 0 aliphatic carbocycles. The topological polar surface area (TPSA) is 54.4 Å². The fraction of sp³-hybridized carbons (Fsp3) is 0. The molecule has 1 aromatic rings. The van der Waals surface area contributed by atoms with Gasteiger partial charge < -0.3 is 0 Å². The standard InChI is InChI=1S/C8H8O3S.Ag/c1-2-7-5-3-4-6-8(7)12(9,10)11;/h2-6H,1H2,(H,9,10,11);. The number of hydrogen-bond acceptors (Lipinski definition) is 2. The van der Waals surface area contributed by atoms with E-state index < -0.39 is 10.1 Å². The molecule has 5 heteroatoms. The van der Waals surface area contributed by atoms with Gasteiger partial charge in [0, 0.05) is 22.4 Å². The van der Waals surface area contributed by atoms with Crippen molar-refractivity contribution in [2.75, 3.05) is 0 Å². The minimum absolute atomic E-state index is 0. The summed E-state index contributed by atoms with van der Waals surface area (Å²) in [4.78, 5) is -0.111. The molecule has 0 aromatic heterocycles. The molecule has 0 saturated heterocycles. The second-order valence-electron chi connectivity index (χ2n) is 2.22. The Bertz CT molecular complexity index is 398. The van der Waals surface area contributed by atoms with Crippen LogP contribution in [0.15, 0.2) is 35.7 Å². The molecule has 0 heterocycles. The van der Waals surface area contributed by atoms with Crippen molar-refractivity contribution >= 4 is 16.2 Å². The molecule has 0 atom stereocenters. The van der Waals surface area contributed by atoms with Crippen LogP contribution < -0.4 is 0 Å². The van der Waals surface area contributed by atoms with Crippen molar-refractivity contribution in [3.63, 3.8) is 0 Å². The van der Waals surface area contributed by atoms with E-state index in [9.17, 15) is 8.42 Å². The van der Waals surface area contributed by atoms with Crippen LogP contribution in [0.1, 0.15) is 5.56 Å². The summed E-state index contributed by atoms with van der Waals surface area (Å²) in [5.74, 6) is 0. The van der Waals surface area contributed by atoms with Crippen LogP contribution in [0.25, 0.3) is 6.08 Å². The molecule has 0 saturated carbocycles. The predicted molar refractivity (Wildman–Crippen MR) is 46.3 cm³/mol. The summed E-state index contributed by atoms with van der Waals surface area (Å²) in [6.45, 7) is 3.43. The van der Waals surface area contributed by atoms with E-state index >= 15 is 0 Å². The van der Waals surface area contributed by atoms with E-state index in [1.165, 1.54) is 18.2 Å². The summed E-state index contributed by atoms with van der Waals surface area (Å²) in [7, 11) is -4.12. The molecule has 0 aliphatic rings. The molecule has 0 bridgehead atoms. The van der Waals surface area contributed by atoms with Crippen LogP contribution in [0.2, 0.25) is 0 Å². The van der Waals surface area contributed by atoms with E-state index in [0.29, 0.717) is 5.56 Å². The molecule has 1 aromatic carbocycles. The number of hydrogen-bond donors (Lipinski definition) is 1. The average Bonchev–Trinajstić information content (AvgIpc) is 2.03. The zero-order valence-electron chi connectivity index (χ0n) is 6.57. The molecule has 75 valence electrons. The maximum atomic E-state index is 10.7. The molecular weight excluding hydrogens is 284 g/mol. The summed E-state index contributed by atoms with van der Waals surface area (Å²) < 4.78 is 30.2. The largest absolute Gasteiger partial charge is 0.295 e. The zero-order valence-corrected chi connectivity index (χ0v) is 8.87. The van der Waals surface area contributed by atoms with E-state index in [1.807, 2.05) is 0 Å². The second-order valence-corrected chi connectivity index (χ2v) is 3.61. The predicted octanol–water partition coefficient (Wildman–Crippen LogP) is 1.57. The Morgan fingerprint density at radius 1 is 1.31 bits per heavy atom. The maximum absolute atomic E-state index is 10.7. The van der Waals surface area contributed by atoms with Gasteiger partial charge in [-0.1, -0.05) is 30.9 Å². The van der Waals surface area contributed by atoms with E-state index in [2.05, 4.69) is 6.58 Å². The van der Waals surface area contributed by atoms with Gasteiger partial charge in [-0.2, -0.15) is 8.42 Å². The Labute approximate surface area is 92.7 Å². The van der Waals surface area contributed by atoms with Gasteiger partial charge >= 0.3 is 0 Å². The molecule has 0 unspecified atom stereocenters. The molecule has 13 heavy (non-hydrogen) atoms. The minimum Gasteiger partial charge on any atom is -0.282 e. The van der Waals surface area contributed by atoms with Gasteiger partial charge in [0.05, 0.1) is 0 Å². The van der Waals surface area contributed by atoms with Gasteiger partial charge in [0.15, 0.2) is 0 Å². The van der Waals surface area contributed by atoms with Crippen LogP contribution in [0.4, 0.5) is 0 Å². The first-order valence-corrected chi connectivity index (χ1v) is 4.68. The smallest absolute Gasteiger partial charge is 0.282 e. The molecule has 1 N–H and O–H groups in total. The van der Waals surface area contributed by atoms with Gasteiger partial charge in [0.1, 0.15) is 4.90 Å². The molecular formula is C8H8AgO3S. The summed E-state index contributed by atoms with van der Waals surface area (Å²) in [6.07, 6.45) is 1.38. The molecule has 1 radical (unpaired) electrons. The Morgan fingerprint density at radius 3 is 2.23 bits per heavy atom. The first-order chi connectivity index (χ1) is 5.55. The van der Waals surface area contributed by atoms with Crippen LogP contribution in [-0.2, 0) is 32.5 Å². The van der Waals surface area contributed by atoms with Gasteiger partial charge in [-0.25, -0.2) is 0 Å². The third-order valence-electron chi connectivity index (χ3n) is 1.42. The van der Waals surface area contributed by atoms with Gasteiger partial charge in [-0.15, -0.1) is 0 Å². The fourth-order valence-electron chi connectivity index (χ4n) is 0.884. The van der Waals surface area contributed by atoms with Gasteiger partial charge in [0.2, 0.25) is 0 Å². The molecule has 0 fully saturated rings. The molecule has 0 aliphatic heterocycles. The van der Waals surface area contributed by atoms with Crippen molar-refractivity contribution in [3.8, 4) is 0 Å².